The third-order valence-electron chi connectivity index (χ3n) is 2.61. The van der Waals surface area contributed by atoms with Gasteiger partial charge in [-0.25, -0.2) is 4.79 Å². The van der Waals surface area contributed by atoms with Crippen molar-refractivity contribution in [2.45, 2.75) is 45.3 Å². The molecule has 0 fully saturated rings. The molecular weight excluding hydrogens is 214 g/mol. The van der Waals surface area contributed by atoms with E-state index in [1.165, 1.54) is 0 Å². The lowest BCUT2D eigenvalue weighted by Crippen LogP contribution is -2.47. The average molecular weight is 235 g/mol. The summed E-state index contributed by atoms with van der Waals surface area (Å²) < 4.78 is 5.38. The Hall–Kier alpha value is -1.35. The Morgan fingerprint density at radius 2 is 1.76 bits per heavy atom. The van der Waals surface area contributed by atoms with Gasteiger partial charge < -0.3 is 10.5 Å². The fourth-order valence-corrected chi connectivity index (χ4v) is 1.57. The number of benzene rings is 1. The molecule has 0 amide bonds. The zero-order valence-corrected chi connectivity index (χ0v) is 11.0. The first-order valence-electron chi connectivity index (χ1n) is 5.87. The highest BCUT2D eigenvalue weighted by Gasteiger charge is 2.37. The number of carbonyl (C=O) groups is 1. The quantitative estimate of drug-likeness (QED) is 0.819. The van der Waals surface area contributed by atoms with Crippen LogP contribution in [-0.4, -0.2) is 11.6 Å². The lowest BCUT2D eigenvalue weighted by molar-refractivity contribution is -0.162. The maximum Gasteiger partial charge on any atom is 0.331 e. The first-order chi connectivity index (χ1) is 7.79. The summed E-state index contributed by atoms with van der Waals surface area (Å²) in [5.41, 5.74) is 5.40. The van der Waals surface area contributed by atoms with Crippen LogP contribution < -0.4 is 5.73 Å². The van der Waals surface area contributed by atoms with Gasteiger partial charge in [0.1, 0.15) is 11.1 Å². The van der Waals surface area contributed by atoms with E-state index in [-0.39, 0.29) is 5.97 Å². The van der Waals surface area contributed by atoms with Crippen LogP contribution >= 0.6 is 0 Å². The van der Waals surface area contributed by atoms with Crippen molar-refractivity contribution in [1.29, 1.82) is 0 Å². The van der Waals surface area contributed by atoms with Gasteiger partial charge >= 0.3 is 5.97 Å². The second-order valence-corrected chi connectivity index (χ2v) is 5.19. The molecule has 0 saturated carbocycles. The lowest BCUT2D eigenvalue weighted by atomic mass is 9.88. The fraction of sp³-hybridized carbons (Fsp3) is 0.500. The molecule has 0 aromatic heterocycles. The van der Waals surface area contributed by atoms with E-state index in [2.05, 4.69) is 0 Å². The van der Waals surface area contributed by atoms with Crippen LogP contribution in [0.5, 0.6) is 0 Å². The second-order valence-electron chi connectivity index (χ2n) is 5.19. The standard InChI is InChI=1S/C14H21NO2/c1-5-14(15,11-9-7-6-8-10-11)12(16)17-13(2,3)4/h6-10H,5,15H2,1-4H3. The van der Waals surface area contributed by atoms with E-state index in [1.807, 2.05) is 58.0 Å². The molecule has 0 radical (unpaired) electrons. The summed E-state index contributed by atoms with van der Waals surface area (Å²) in [4.78, 5) is 12.2. The summed E-state index contributed by atoms with van der Waals surface area (Å²) in [5.74, 6) is -0.376. The molecule has 1 aromatic carbocycles. The summed E-state index contributed by atoms with van der Waals surface area (Å²) in [6.07, 6.45) is 0.506. The topological polar surface area (TPSA) is 52.3 Å². The normalized spacial score (nSPS) is 15.1. The van der Waals surface area contributed by atoms with E-state index >= 15 is 0 Å². The van der Waals surface area contributed by atoms with Crippen LogP contribution in [-0.2, 0) is 15.1 Å². The molecule has 0 aliphatic rings. The van der Waals surface area contributed by atoms with Gasteiger partial charge in [-0.05, 0) is 32.8 Å². The summed E-state index contributed by atoms with van der Waals surface area (Å²) in [5, 5.41) is 0. The van der Waals surface area contributed by atoms with Crippen LogP contribution in [0.25, 0.3) is 0 Å². The summed E-state index contributed by atoms with van der Waals surface area (Å²) in [7, 11) is 0. The van der Waals surface area contributed by atoms with E-state index < -0.39 is 11.1 Å². The number of nitrogens with two attached hydrogens (primary N) is 1. The molecule has 1 aromatic rings. The largest absolute Gasteiger partial charge is 0.458 e. The molecule has 0 aliphatic carbocycles. The number of rotatable bonds is 3. The van der Waals surface area contributed by atoms with Crippen molar-refractivity contribution in [2.75, 3.05) is 0 Å². The zero-order valence-electron chi connectivity index (χ0n) is 11.0. The minimum absolute atomic E-state index is 0.376. The van der Waals surface area contributed by atoms with Gasteiger partial charge in [-0.2, -0.15) is 0 Å². The third kappa shape index (κ3) is 3.30. The van der Waals surface area contributed by atoms with E-state index in [1.54, 1.807) is 0 Å². The van der Waals surface area contributed by atoms with Crippen LogP contribution in [0, 0.1) is 0 Å². The molecule has 0 spiro atoms. The van der Waals surface area contributed by atoms with Crippen molar-refractivity contribution in [1.82, 2.24) is 0 Å². The molecule has 2 N–H and O–H groups in total. The fourth-order valence-electron chi connectivity index (χ4n) is 1.57. The second kappa shape index (κ2) is 4.88. The van der Waals surface area contributed by atoms with Gasteiger partial charge in [-0.15, -0.1) is 0 Å². The van der Waals surface area contributed by atoms with Crippen LogP contribution in [0.4, 0.5) is 0 Å². The zero-order chi connectivity index (χ0) is 13.1. The van der Waals surface area contributed by atoms with Crippen molar-refractivity contribution >= 4 is 5.97 Å². The van der Waals surface area contributed by atoms with Crippen molar-refractivity contribution in [3.63, 3.8) is 0 Å². The highest BCUT2D eigenvalue weighted by Crippen LogP contribution is 2.25. The number of carbonyl (C=O) groups excluding carboxylic acids is 1. The highest BCUT2D eigenvalue weighted by molar-refractivity contribution is 5.82. The van der Waals surface area contributed by atoms with Crippen LogP contribution in [0.15, 0.2) is 30.3 Å². The number of hydrogen-bond donors (Lipinski definition) is 1. The van der Waals surface area contributed by atoms with Gasteiger partial charge in [-0.3, -0.25) is 0 Å². The molecule has 0 aliphatic heterocycles. The van der Waals surface area contributed by atoms with E-state index in [9.17, 15) is 4.79 Å². The maximum absolute atomic E-state index is 12.2. The van der Waals surface area contributed by atoms with Crippen LogP contribution in [0.3, 0.4) is 0 Å². The number of hydrogen-bond acceptors (Lipinski definition) is 3. The summed E-state index contributed by atoms with van der Waals surface area (Å²) in [6, 6.07) is 9.35. The van der Waals surface area contributed by atoms with Crippen molar-refractivity contribution in [3.8, 4) is 0 Å². The van der Waals surface area contributed by atoms with Crippen LogP contribution in [0.1, 0.15) is 39.7 Å². The maximum atomic E-state index is 12.2. The monoisotopic (exact) mass is 235 g/mol. The molecule has 1 unspecified atom stereocenters. The average Bonchev–Trinajstić information content (AvgIpc) is 2.27. The first-order valence-corrected chi connectivity index (χ1v) is 5.87. The van der Waals surface area contributed by atoms with Gasteiger partial charge in [-0.1, -0.05) is 37.3 Å². The van der Waals surface area contributed by atoms with E-state index in [0.29, 0.717) is 6.42 Å². The Labute approximate surface area is 103 Å². The number of ether oxygens (including phenoxy) is 1. The molecule has 17 heavy (non-hydrogen) atoms. The molecule has 0 saturated heterocycles. The molecule has 1 atom stereocenters. The van der Waals surface area contributed by atoms with Gasteiger partial charge in [0.2, 0.25) is 0 Å². The molecular formula is C14H21NO2. The smallest absolute Gasteiger partial charge is 0.331 e. The van der Waals surface area contributed by atoms with E-state index in [0.717, 1.165) is 5.56 Å². The van der Waals surface area contributed by atoms with Crippen molar-refractivity contribution in [2.24, 2.45) is 5.73 Å². The number of esters is 1. The highest BCUT2D eigenvalue weighted by atomic mass is 16.6. The van der Waals surface area contributed by atoms with Gasteiger partial charge in [0.05, 0.1) is 0 Å². The predicted molar refractivity (Wildman–Crippen MR) is 68.4 cm³/mol. The van der Waals surface area contributed by atoms with Gasteiger partial charge in [0.25, 0.3) is 0 Å². The summed E-state index contributed by atoms with van der Waals surface area (Å²) in [6.45, 7) is 7.40. The molecule has 0 bridgehead atoms. The van der Waals surface area contributed by atoms with Gasteiger partial charge in [0.15, 0.2) is 0 Å². The lowest BCUT2D eigenvalue weighted by Gasteiger charge is -2.30. The minimum Gasteiger partial charge on any atom is -0.458 e. The molecule has 94 valence electrons. The van der Waals surface area contributed by atoms with Crippen molar-refractivity contribution in [3.05, 3.63) is 35.9 Å². The van der Waals surface area contributed by atoms with Crippen LogP contribution in [0.2, 0.25) is 0 Å². The Morgan fingerprint density at radius 1 is 1.24 bits per heavy atom. The first kappa shape index (κ1) is 13.7. The Morgan fingerprint density at radius 3 is 2.18 bits per heavy atom. The molecule has 3 nitrogen and oxygen atoms in total. The van der Waals surface area contributed by atoms with Gasteiger partial charge in [0, 0.05) is 0 Å². The molecule has 3 heteroatoms. The Balaban J connectivity index is 3.01. The Kier molecular flexibility index (Phi) is 3.94. The summed E-state index contributed by atoms with van der Waals surface area (Å²) >= 11 is 0. The molecule has 1 rings (SSSR count). The molecule has 0 heterocycles. The Bertz CT molecular complexity index is 381. The minimum atomic E-state index is -1.06. The SMILES string of the molecule is CCC(N)(C(=O)OC(C)(C)C)c1ccccc1. The predicted octanol–water partition coefficient (Wildman–Crippen LogP) is 2.59. The van der Waals surface area contributed by atoms with Crippen molar-refractivity contribution < 1.29 is 9.53 Å². The van der Waals surface area contributed by atoms with E-state index in [4.69, 9.17) is 10.5 Å². The third-order valence-corrected chi connectivity index (χ3v) is 2.61.